The fraction of sp³-hybridized carbons (Fsp3) is 0.214. The summed E-state index contributed by atoms with van der Waals surface area (Å²) in [6.07, 6.45) is 3.80. The molecule has 0 radical (unpaired) electrons. The number of nitrogens with one attached hydrogen (secondary N) is 1. The molecule has 0 aliphatic rings. The van der Waals surface area contributed by atoms with Crippen molar-refractivity contribution in [2.45, 2.75) is 18.2 Å². The molecule has 0 unspecified atom stereocenters. The molecule has 0 aliphatic carbocycles. The molecule has 24 heavy (non-hydrogen) atoms. The van der Waals surface area contributed by atoms with E-state index in [0.717, 1.165) is 6.26 Å². The van der Waals surface area contributed by atoms with Crippen LogP contribution in [0.4, 0.5) is 0 Å². The summed E-state index contributed by atoms with van der Waals surface area (Å²) in [5.41, 5.74) is 0.698. The molecule has 0 aliphatic heterocycles. The topological polar surface area (TPSA) is 102 Å². The Kier molecular flexibility index (Phi) is 5.63. The molecule has 2 rings (SSSR count). The first-order valence-corrected chi connectivity index (χ1v) is 9.28. The lowest BCUT2D eigenvalue weighted by Gasteiger charge is -2.07. The van der Waals surface area contributed by atoms with Crippen molar-refractivity contribution in [1.29, 1.82) is 0 Å². The fourth-order valence-electron chi connectivity index (χ4n) is 1.66. The van der Waals surface area contributed by atoms with E-state index in [4.69, 9.17) is 27.6 Å². The van der Waals surface area contributed by atoms with Crippen LogP contribution in [0.3, 0.4) is 0 Å². The zero-order valence-corrected chi connectivity index (χ0v) is 15.0. The van der Waals surface area contributed by atoms with Crippen molar-refractivity contribution >= 4 is 45.0 Å². The lowest BCUT2D eigenvalue weighted by molar-refractivity contribution is -0.117. The van der Waals surface area contributed by atoms with Crippen LogP contribution in [0.5, 0.6) is 0 Å². The van der Waals surface area contributed by atoms with Crippen LogP contribution in [-0.2, 0) is 14.6 Å². The molecule has 0 fully saturated rings. The Morgan fingerprint density at radius 2 is 2.00 bits per heavy atom. The number of carbonyl (C=O) groups is 1. The van der Waals surface area contributed by atoms with E-state index in [9.17, 15) is 13.2 Å². The van der Waals surface area contributed by atoms with Gasteiger partial charge in [-0.3, -0.25) is 4.79 Å². The molecule has 7 nitrogen and oxygen atoms in total. The van der Waals surface area contributed by atoms with Gasteiger partial charge >= 0.3 is 5.22 Å². The molecule has 1 aromatic heterocycles. The Labute approximate surface area is 148 Å². The number of hydrogen-bond acceptors (Lipinski definition) is 6. The van der Waals surface area contributed by atoms with E-state index < -0.39 is 27.0 Å². The summed E-state index contributed by atoms with van der Waals surface area (Å²) >= 11 is 11.7. The van der Waals surface area contributed by atoms with Gasteiger partial charge in [0.2, 0.25) is 21.6 Å². The van der Waals surface area contributed by atoms with Gasteiger partial charge in [-0.2, -0.15) is 0 Å². The normalized spacial score (nSPS) is 13.2. The van der Waals surface area contributed by atoms with E-state index in [2.05, 4.69) is 15.5 Å². The van der Waals surface area contributed by atoms with Crippen molar-refractivity contribution in [2.24, 2.45) is 0 Å². The molecular formula is C14H13Cl2N3O4S. The number of aromatic nitrogens is 2. The van der Waals surface area contributed by atoms with Gasteiger partial charge in [0.1, 0.15) is 6.04 Å². The van der Waals surface area contributed by atoms with E-state index >= 15 is 0 Å². The number of sulfone groups is 1. The van der Waals surface area contributed by atoms with Gasteiger partial charge in [-0.1, -0.05) is 34.4 Å². The number of nitrogens with zero attached hydrogens (tertiary/aromatic N) is 2. The van der Waals surface area contributed by atoms with Crippen LogP contribution in [-0.4, -0.2) is 30.8 Å². The average molecular weight is 390 g/mol. The van der Waals surface area contributed by atoms with Crippen LogP contribution in [0.25, 0.3) is 6.08 Å². The Bertz CT molecular complexity index is 893. The molecule has 10 heteroatoms. The third-order valence-corrected chi connectivity index (χ3v) is 4.38. The molecule has 1 amide bonds. The first-order valence-electron chi connectivity index (χ1n) is 6.64. The summed E-state index contributed by atoms with van der Waals surface area (Å²) in [5, 5.41) is 9.92. The third kappa shape index (κ3) is 4.80. The van der Waals surface area contributed by atoms with Gasteiger partial charge in [-0.05, 0) is 30.7 Å². The lowest BCUT2D eigenvalue weighted by atomic mass is 10.2. The maximum absolute atomic E-state index is 11.9. The van der Waals surface area contributed by atoms with Crippen LogP contribution in [0.15, 0.2) is 33.9 Å². The van der Waals surface area contributed by atoms with Crippen molar-refractivity contribution in [3.05, 3.63) is 45.8 Å². The Hall–Kier alpha value is -1.90. The molecule has 0 saturated heterocycles. The van der Waals surface area contributed by atoms with Gasteiger partial charge in [-0.15, -0.1) is 5.10 Å². The average Bonchev–Trinajstić information content (AvgIpc) is 2.98. The molecule has 1 N–H and O–H groups in total. The largest absolute Gasteiger partial charge is 0.410 e. The van der Waals surface area contributed by atoms with Crippen molar-refractivity contribution in [1.82, 2.24) is 15.5 Å². The second-order valence-corrected chi connectivity index (χ2v) is 7.62. The first kappa shape index (κ1) is 18.4. The highest BCUT2D eigenvalue weighted by Crippen LogP contribution is 2.23. The van der Waals surface area contributed by atoms with Crippen LogP contribution >= 0.6 is 23.2 Å². The van der Waals surface area contributed by atoms with Crippen molar-refractivity contribution in [2.75, 3.05) is 6.26 Å². The number of benzene rings is 1. The number of rotatable bonds is 5. The predicted octanol–water partition coefficient (Wildman–Crippen LogP) is 2.67. The third-order valence-electron chi connectivity index (χ3n) is 2.84. The minimum Gasteiger partial charge on any atom is -0.410 e. The quantitative estimate of drug-likeness (QED) is 0.788. The van der Waals surface area contributed by atoms with E-state index in [1.807, 2.05) is 0 Å². The van der Waals surface area contributed by atoms with Crippen molar-refractivity contribution in [3.63, 3.8) is 0 Å². The monoisotopic (exact) mass is 389 g/mol. The Balaban J connectivity index is 2.02. The van der Waals surface area contributed by atoms with Crippen LogP contribution < -0.4 is 5.32 Å². The highest BCUT2D eigenvalue weighted by molar-refractivity contribution is 7.90. The van der Waals surface area contributed by atoms with E-state index in [-0.39, 0.29) is 5.89 Å². The number of halogens is 2. The summed E-state index contributed by atoms with van der Waals surface area (Å²) < 4.78 is 27.6. The summed E-state index contributed by atoms with van der Waals surface area (Å²) in [4.78, 5) is 11.9. The van der Waals surface area contributed by atoms with E-state index in [1.54, 1.807) is 31.2 Å². The number of carbonyl (C=O) groups excluding carboxylic acids is 1. The first-order chi connectivity index (χ1) is 11.2. The zero-order chi connectivity index (χ0) is 17.9. The Morgan fingerprint density at radius 1 is 1.29 bits per heavy atom. The van der Waals surface area contributed by atoms with Gasteiger partial charge in [0.25, 0.3) is 0 Å². The maximum atomic E-state index is 11.9. The number of amides is 1. The maximum Gasteiger partial charge on any atom is 0.335 e. The van der Waals surface area contributed by atoms with E-state index in [0.29, 0.717) is 15.6 Å². The van der Waals surface area contributed by atoms with Crippen molar-refractivity contribution in [3.8, 4) is 0 Å². The summed E-state index contributed by atoms with van der Waals surface area (Å²) in [5.74, 6) is -0.431. The minimum absolute atomic E-state index is 0.00767. The summed E-state index contributed by atoms with van der Waals surface area (Å²) in [6, 6.07) is 4.29. The van der Waals surface area contributed by atoms with Crippen LogP contribution in [0.2, 0.25) is 10.0 Å². The van der Waals surface area contributed by atoms with Gasteiger partial charge in [0.15, 0.2) is 0 Å². The Morgan fingerprint density at radius 3 is 2.58 bits per heavy atom. The fourth-order valence-corrected chi connectivity index (χ4v) is 2.39. The second kappa shape index (κ2) is 7.33. The van der Waals surface area contributed by atoms with Gasteiger partial charge < -0.3 is 9.73 Å². The van der Waals surface area contributed by atoms with Gasteiger partial charge in [-0.25, -0.2) is 8.42 Å². The molecule has 1 heterocycles. The number of hydrogen-bond donors (Lipinski definition) is 1. The minimum atomic E-state index is -3.59. The summed E-state index contributed by atoms with van der Waals surface area (Å²) in [6.45, 7) is 1.59. The molecule has 1 aromatic carbocycles. The van der Waals surface area contributed by atoms with Crippen LogP contribution in [0, 0.1) is 0 Å². The lowest BCUT2D eigenvalue weighted by Crippen LogP contribution is -2.24. The van der Waals surface area contributed by atoms with Gasteiger partial charge in [0.05, 0.1) is 10.0 Å². The molecule has 1 atom stereocenters. The molecule has 0 saturated carbocycles. The predicted molar refractivity (Wildman–Crippen MR) is 89.5 cm³/mol. The van der Waals surface area contributed by atoms with Crippen LogP contribution in [0.1, 0.15) is 24.4 Å². The van der Waals surface area contributed by atoms with Crippen molar-refractivity contribution < 1.29 is 17.6 Å². The molecular weight excluding hydrogens is 377 g/mol. The molecule has 2 aromatic rings. The molecule has 128 valence electrons. The molecule has 0 spiro atoms. The van der Waals surface area contributed by atoms with Gasteiger partial charge in [0, 0.05) is 12.3 Å². The SMILES string of the molecule is C[C@H](NC(=O)/C=C/c1ccc(Cl)c(Cl)c1)c1nnc(S(C)(=O)=O)o1. The molecule has 0 bridgehead atoms. The summed E-state index contributed by atoms with van der Waals surface area (Å²) in [7, 11) is -3.59. The second-order valence-electron chi connectivity index (χ2n) is 4.92. The highest BCUT2D eigenvalue weighted by Gasteiger charge is 2.20. The zero-order valence-electron chi connectivity index (χ0n) is 12.7. The van der Waals surface area contributed by atoms with E-state index in [1.165, 1.54) is 6.08 Å². The smallest absolute Gasteiger partial charge is 0.335 e. The highest BCUT2D eigenvalue weighted by atomic mass is 35.5. The standard InChI is InChI=1S/C14H13Cl2N3O4S/c1-8(13-18-19-14(23-13)24(2,21)22)17-12(20)6-4-9-3-5-10(15)11(16)7-9/h3-8H,1-2H3,(H,17,20)/b6-4+/t8-/m0/s1.